The lowest BCUT2D eigenvalue weighted by atomic mass is 10.0. The lowest BCUT2D eigenvalue weighted by molar-refractivity contribution is 0.171. The summed E-state index contributed by atoms with van der Waals surface area (Å²) in [5, 5.41) is 13.0. The molecule has 0 spiro atoms. The van der Waals surface area contributed by atoms with Gasteiger partial charge in [-0.25, -0.2) is 4.39 Å². The molecule has 2 N–H and O–H groups in total. The first kappa shape index (κ1) is 13.2. The van der Waals surface area contributed by atoms with Gasteiger partial charge in [-0.15, -0.1) is 0 Å². The summed E-state index contributed by atoms with van der Waals surface area (Å²) in [7, 11) is 3.06. The predicted octanol–water partition coefficient (Wildman–Crippen LogP) is 2.05. The molecule has 0 aromatic heterocycles. The SMILES string of the molecule is CNCC(O)c1c(C)c(Cl)cc(F)c1OC. The van der Waals surface area contributed by atoms with Crippen LogP contribution in [0.5, 0.6) is 5.75 Å². The lowest BCUT2D eigenvalue weighted by Gasteiger charge is -2.18. The minimum atomic E-state index is -0.854. The van der Waals surface area contributed by atoms with E-state index in [-0.39, 0.29) is 10.8 Å². The molecule has 90 valence electrons. The van der Waals surface area contributed by atoms with Gasteiger partial charge in [-0.05, 0) is 25.6 Å². The standard InChI is InChI=1S/C11H15ClFNO2/c1-6-7(12)4-8(13)11(16-3)10(6)9(15)5-14-2/h4,9,14-15H,5H2,1-3H3. The van der Waals surface area contributed by atoms with E-state index in [1.54, 1.807) is 14.0 Å². The van der Waals surface area contributed by atoms with Gasteiger partial charge in [0.25, 0.3) is 0 Å². The Balaban J connectivity index is 3.32. The number of nitrogens with one attached hydrogen (secondary N) is 1. The molecule has 1 rings (SSSR count). The van der Waals surface area contributed by atoms with Crippen molar-refractivity contribution in [3.8, 4) is 5.75 Å². The van der Waals surface area contributed by atoms with Gasteiger partial charge in [-0.2, -0.15) is 0 Å². The topological polar surface area (TPSA) is 41.5 Å². The first-order valence-corrected chi connectivity index (χ1v) is 5.25. The normalized spacial score (nSPS) is 12.6. The molecule has 1 aromatic carbocycles. The molecule has 0 aliphatic rings. The molecular weight excluding hydrogens is 233 g/mol. The highest BCUT2D eigenvalue weighted by molar-refractivity contribution is 6.31. The number of rotatable bonds is 4. The molecule has 16 heavy (non-hydrogen) atoms. The van der Waals surface area contributed by atoms with Crippen LogP contribution in [0.15, 0.2) is 6.07 Å². The molecule has 0 heterocycles. The van der Waals surface area contributed by atoms with Crippen LogP contribution in [0.2, 0.25) is 5.02 Å². The molecule has 0 aliphatic heterocycles. The van der Waals surface area contributed by atoms with Crippen LogP contribution >= 0.6 is 11.6 Å². The Labute approximate surface area is 99.2 Å². The van der Waals surface area contributed by atoms with Crippen LogP contribution in [0.4, 0.5) is 4.39 Å². The number of hydrogen-bond acceptors (Lipinski definition) is 3. The first-order chi connectivity index (χ1) is 7.52. The highest BCUT2D eigenvalue weighted by Gasteiger charge is 2.21. The fraction of sp³-hybridized carbons (Fsp3) is 0.455. The summed E-state index contributed by atoms with van der Waals surface area (Å²) in [5.41, 5.74) is 1.02. The largest absolute Gasteiger partial charge is 0.493 e. The van der Waals surface area contributed by atoms with E-state index < -0.39 is 11.9 Å². The Morgan fingerprint density at radius 3 is 2.75 bits per heavy atom. The highest BCUT2D eigenvalue weighted by atomic mass is 35.5. The van der Waals surface area contributed by atoms with Gasteiger partial charge < -0.3 is 15.2 Å². The average molecular weight is 248 g/mol. The van der Waals surface area contributed by atoms with E-state index >= 15 is 0 Å². The van der Waals surface area contributed by atoms with Gasteiger partial charge in [0.15, 0.2) is 11.6 Å². The number of aliphatic hydroxyl groups is 1. The van der Waals surface area contributed by atoms with E-state index in [2.05, 4.69) is 5.32 Å². The van der Waals surface area contributed by atoms with Gasteiger partial charge in [0, 0.05) is 17.1 Å². The van der Waals surface area contributed by atoms with E-state index in [4.69, 9.17) is 16.3 Å². The molecular formula is C11H15ClFNO2. The second-order valence-electron chi connectivity index (χ2n) is 3.49. The summed E-state index contributed by atoms with van der Waals surface area (Å²) >= 11 is 5.87. The van der Waals surface area contributed by atoms with Crippen LogP contribution in [0, 0.1) is 12.7 Å². The van der Waals surface area contributed by atoms with Crippen LogP contribution < -0.4 is 10.1 Å². The third kappa shape index (κ3) is 2.45. The van der Waals surface area contributed by atoms with Crippen LogP contribution in [0.3, 0.4) is 0 Å². The second kappa shape index (κ2) is 5.48. The Kier molecular flexibility index (Phi) is 4.53. The third-order valence-electron chi connectivity index (χ3n) is 2.41. The molecule has 0 radical (unpaired) electrons. The van der Waals surface area contributed by atoms with Gasteiger partial charge in [-0.3, -0.25) is 0 Å². The molecule has 0 saturated carbocycles. The van der Waals surface area contributed by atoms with E-state index in [1.807, 2.05) is 0 Å². The maximum atomic E-state index is 13.6. The van der Waals surface area contributed by atoms with Gasteiger partial charge in [0.05, 0.1) is 13.2 Å². The maximum Gasteiger partial charge on any atom is 0.166 e. The zero-order valence-electron chi connectivity index (χ0n) is 9.47. The first-order valence-electron chi connectivity index (χ1n) is 4.88. The van der Waals surface area contributed by atoms with Crippen molar-refractivity contribution in [2.24, 2.45) is 0 Å². The van der Waals surface area contributed by atoms with Crippen molar-refractivity contribution in [2.45, 2.75) is 13.0 Å². The number of halogens is 2. The molecule has 0 saturated heterocycles. The monoisotopic (exact) mass is 247 g/mol. The number of methoxy groups -OCH3 is 1. The van der Waals surface area contributed by atoms with Crippen molar-refractivity contribution in [1.29, 1.82) is 0 Å². The summed E-state index contributed by atoms with van der Waals surface area (Å²) in [5.74, 6) is -0.520. The Morgan fingerprint density at radius 2 is 2.25 bits per heavy atom. The average Bonchev–Trinajstić information content (AvgIpc) is 2.23. The van der Waals surface area contributed by atoms with E-state index in [0.717, 1.165) is 0 Å². The zero-order valence-corrected chi connectivity index (χ0v) is 10.2. The number of hydrogen-bond donors (Lipinski definition) is 2. The fourth-order valence-electron chi connectivity index (χ4n) is 1.62. The quantitative estimate of drug-likeness (QED) is 0.856. The minimum absolute atomic E-state index is 0.0460. The summed E-state index contributed by atoms with van der Waals surface area (Å²) in [6, 6.07) is 1.19. The molecule has 1 atom stereocenters. The van der Waals surface area contributed by atoms with Gasteiger partial charge in [-0.1, -0.05) is 11.6 Å². The summed E-state index contributed by atoms with van der Waals surface area (Å²) in [4.78, 5) is 0. The molecule has 1 aromatic rings. The number of ether oxygens (including phenoxy) is 1. The number of benzene rings is 1. The summed E-state index contributed by atoms with van der Waals surface area (Å²) in [6.07, 6.45) is -0.854. The van der Waals surface area contributed by atoms with Crippen LogP contribution in [-0.2, 0) is 0 Å². The maximum absolute atomic E-state index is 13.6. The van der Waals surface area contributed by atoms with Gasteiger partial charge in [0.2, 0.25) is 0 Å². The fourth-order valence-corrected chi connectivity index (χ4v) is 1.81. The zero-order chi connectivity index (χ0) is 12.3. The Hall–Kier alpha value is -0.840. The van der Waals surface area contributed by atoms with Crippen LogP contribution in [-0.4, -0.2) is 25.8 Å². The summed E-state index contributed by atoms with van der Waals surface area (Å²) in [6.45, 7) is 2.02. The van der Waals surface area contributed by atoms with Crippen molar-refractivity contribution in [3.63, 3.8) is 0 Å². The Morgan fingerprint density at radius 1 is 1.62 bits per heavy atom. The Bertz CT molecular complexity index is 385. The van der Waals surface area contributed by atoms with E-state index in [9.17, 15) is 9.50 Å². The number of aliphatic hydroxyl groups excluding tert-OH is 1. The van der Waals surface area contributed by atoms with Crippen molar-refractivity contribution in [2.75, 3.05) is 20.7 Å². The molecule has 0 aliphatic carbocycles. The van der Waals surface area contributed by atoms with Crippen molar-refractivity contribution in [1.82, 2.24) is 5.32 Å². The lowest BCUT2D eigenvalue weighted by Crippen LogP contribution is -2.18. The van der Waals surface area contributed by atoms with E-state index in [0.29, 0.717) is 17.7 Å². The van der Waals surface area contributed by atoms with Gasteiger partial charge >= 0.3 is 0 Å². The minimum Gasteiger partial charge on any atom is -0.493 e. The summed E-state index contributed by atoms with van der Waals surface area (Å²) < 4.78 is 18.5. The van der Waals surface area contributed by atoms with Crippen molar-refractivity contribution < 1.29 is 14.2 Å². The van der Waals surface area contributed by atoms with E-state index in [1.165, 1.54) is 13.2 Å². The number of likely N-dealkylation sites (N-methyl/N-ethyl adjacent to an activating group) is 1. The second-order valence-corrected chi connectivity index (χ2v) is 3.89. The van der Waals surface area contributed by atoms with Crippen LogP contribution in [0.25, 0.3) is 0 Å². The predicted molar refractivity (Wildman–Crippen MR) is 61.6 cm³/mol. The molecule has 0 bridgehead atoms. The van der Waals surface area contributed by atoms with Crippen molar-refractivity contribution in [3.05, 3.63) is 28.0 Å². The molecule has 0 amide bonds. The van der Waals surface area contributed by atoms with Crippen molar-refractivity contribution >= 4 is 11.6 Å². The van der Waals surface area contributed by atoms with Gasteiger partial charge in [0.1, 0.15) is 0 Å². The van der Waals surface area contributed by atoms with Crippen LogP contribution in [0.1, 0.15) is 17.2 Å². The molecule has 0 fully saturated rings. The molecule has 3 nitrogen and oxygen atoms in total. The smallest absolute Gasteiger partial charge is 0.166 e. The third-order valence-corrected chi connectivity index (χ3v) is 2.80. The molecule has 1 unspecified atom stereocenters. The molecule has 5 heteroatoms. The highest BCUT2D eigenvalue weighted by Crippen LogP contribution is 2.35.